The third-order valence-corrected chi connectivity index (χ3v) is 5.12. The average Bonchev–Trinajstić information content (AvgIpc) is 2.81. The molecule has 1 N–H and O–H groups in total. The van der Waals surface area contributed by atoms with Gasteiger partial charge in [0.25, 0.3) is 0 Å². The van der Waals surface area contributed by atoms with Crippen molar-refractivity contribution in [3.05, 3.63) is 21.9 Å². The summed E-state index contributed by atoms with van der Waals surface area (Å²) in [6.07, 6.45) is 7.11. The van der Waals surface area contributed by atoms with Crippen LogP contribution in [0.4, 0.5) is 0 Å². The fourth-order valence-corrected chi connectivity index (χ4v) is 3.62. The van der Waals surface area contributed by atoms with E-state index in [1.54, 1.807) is 0 Å². The molecule has 0 bridgehead atoms. The largest absolute Gasteiger partial charge is 0.311 e. The van der Waals surface area contributed by atoms with Gasteiger partial charge < -0.3 is 10.2 Å². The summed E-state index contributed by atoms with van der Waals surface area (Å²) < 4.78 is 0. The van der Waals surface area contributed by atoms with E-state index in [4.69, 9.17) is 0 Å². The number of likely N-dealkylation sites (N-methyl/N-ethyl adjacent to an activating group) is 1. The highest BCUT2D eigenvalue weighted by molar-refractivity contribution is 7.10. The zero-order valence-electron chi connectivity index (χ0n) is 11.7. The monoisotopic (exact) mass is 266 g/mol. The zero-order chi connectivity index (χ0) is 12.8. The van der Waals surface area contributed by atoms with Gasteiger partial charge in [-0.15, -0.1) is 11.3 Å². The van der Waals surface area contributed by atoms with E-state index in [9.17, 15) is 0 Å². The second-order valence-corrected chi connectivity index (χ2v) is 6.48. The SMILES string of the molecule is Cc1ccsc1CNCCN(C)C1CCCCC1. The number of rotatable bonds is 6. The molecule has 0 radical (unpaired) electrons. The van der Waals surface area contributed by atoms with E-state index in [1.807, 2.05) is 11.3 Å². The van der Waals surface area contributed by atoms with Crippen LogP contribution in [0.15, 0.2) is 11.4 Å². The standard InChI is InChI=1S/C15H26N2S/c1-13-8-11-18-15(13)12-16-9-10-17(2)14-6-4-3-5-7-14/h8,11,14,16H,3-7,9-10,12H2,1-2H3. The van der Waals surface area contributed by atoms with Gasteiger partial charge in [-0.2, -0.15) is 0 Å². The first-order valence-electron chi connectivity index (χ1n) is 7.21. The van der Waals surface area contributed by atoms with Crippen LogP contribution in [-0.4, -0.2) is 31.1 Å². The van der Waals surface area contributed by atoms with Gasteiger partial charge in [-0.25, -0.2) is 0 Å². The molecule has 1 aliphatic rings. The summed E-state index contributed by atoms with van der Waals surface area (Å²) in [5, 5.41) is 5.75. The molecule has 1 fully saturated rings. The molecule has 18 heavy (non-hydrogen) atoms. The van der Waals surface area contributed by atoms with E-state index in [1.165, 1.54) is 49.1 Å². The highest BCUT2D eigenvalue weighted by Crippen LogP contribution is 2.21. The highest BCUT2D eigenvalue weighted by Gasteiger charge is 2.17. The maximum atomic E-state index is 3.57. The molecule has 0 amide bonds. The second-order valence-electron chi connectivity index (χ2n) is 5.48. The lowest BCUT2D eigenvalue weighted by Gasteiger charge is -2.31. The molecule has 0 spiro atoms. The van der Waals surface area contributed by atoms with Crippen molar-refractivity contribution >= 4 is 11.3 Å². The minimum atomic E-state index is 0.837. The van der Waals surface area contributed by atoms with Crippen molar-refractivity contribution in [1.29, 1.82) is 0 Å². The topological polar surface area (TPSA) is 15.3 Å². The Balaban J connectivity index is 1.61. The molecule has 2 rings (SSSR count). The van der Waals surface area contributed by atoms with E-state index in [2.05, 4.69) is 35.6 Å². The summed E-state index contributed by atoms with van der Waals surface area (Å²) in [4.78, 5) is 4.03. The number of aryl methyl sites for hydroxylation is 1. The van der Waals surface area contributed by atoms with Gasteiger partial charge in [0.15, 0.2) is 0 Å². The van der Waals surface area contributed by atoms with E-state index in [0.717, 1.165) is 19.1 Å². The van der Waals surface area contributed by atoms with Crippen LogP contribution in [-0.2, 0) is 6.54 Å². The minimum absolute atomic E-state index is 0.837. The predicted molar refractivity (Wildman–Crippen MR) is 80.3 cm³/mol. The van der Waals surface area contributed by atoms with Gasteiger partial charge in [0.2, 0.25) is 0 Å². The van der Waals surface area contributed by atoms with E-state index in [-0.39, 0.29) is 0 Å². The Labute approximate surface area is 115 Å². The zero-order valence-corrected chi connectivity index (χ0v) is 12.6. The van der Waals surface area contributed by atoms with Gasteiger partial charge in [0.1, 0.15) is 0 Å². The van der Waals surface area contributed by atoms with Gasteiger partial charge >= 0.3 is 0 Å². The molecule has 3 heteroatoms. The van der Waals surface area contributed by atoms with Crippen molar-refractivity contribution in [2.45, 2.75) is 51.6 Å². The van der Waals surface area contributed by atoms with Gasteiger partial charge in [0.05, 0.1) is 0 Å². The van der Waals surface area contributed by atoms with E-state index < -0.39 is 0 Å². The maximum absolute atomic E-state index is 3.57. The lowest BCUT2D eigenvalue weighted by Crippen LogP contribution is -2.38. The molecule has 0 aliphatic heterocycles. The quantitative estimate of drug-likeness (QED) is 0.794. The Kier molecular flexibility index (Phi) is 5.67. The van der Waals surface area contributed by atoms with Crippen LogP contribution in [0.25, 0.3) is 0 Å². The molecule has 1 aromatic heterocycles. The van der Waals surface area contributed by atoms with Crippen LogP contribution in [0, 0.1) is 6.92 Å². The molecule has 1 aromatic rings. The Hall–Kier alpha value is -0.380. The van der Waals surface area contributed by atoms with Crippen LogP contribution in [0.2, 0.25) is 0 Å². The summed E-state index contributed by atoms with van der Waals surface area (Å²) in [5.74, 6) is 0. The average molecular weight is 266 g/mol. The van der Waals surface area contributed by atoms with Crippen molar-refractivity contribution in [2.75, 3.05) is 20.1 Å². The fourth-order valence-electron chi connectivity index (χ4n) is 2.75. The van der Waals surface area contributed by atoms with Crippen LogP contribution < -0.4 is 5.32 Å². The summed E-state index contributed by atoms with van der Waals surface area (Å²) >= 11 is 1.86. The smallest absolute Gasteiger partial charge is 0.0302 e. The predicted octanol–water partition coefficient (Wildman–Crippen LogP) is 3.41. The number of hydrogen-bond acceptors (Lipinski definition) is 3. The Morgan fingerprint density at radius 2 is 2.11 bits per heavy atom. The second kappa shape index (κ2) is 7.27. The normalized spacial score (nSPS) is 17.5. The molecule has 102 valence electrons. The van der Waals surface area contributed by atoms with Gasteiger partial charge in [0, 0.05) is 30.6 Å². The van der Waals surface area contributed by atoms with Gasteiger partial charge in [-0.05, 0) is 43.8 Å². The maximum Gasteiger partial charge on any atom is 0.0302 e. The van der Waals surface area contributed by atoms with Crippen LogP contribution in [0.5, 0.6) is 0 Å². The third kappa shape index (κ3) is 4.08. The Morgan fingerprint density at radius 3 is 2.78 bits per heavy atom. The van der Waals surface area contributed by atoms with Crippen LogP contribution >= 0.6 is 11.3 Å². The first-order chi connectivity index (χ1) is 8.77. The van der Waals surface area contributed by atoms with Crippen molar-refractivity contribution in [3.8, 4) is 0 Å². The number of thiophene rings is 1. The molecule has 1 saturated carbocycles. The minimum Gasteiger partial charge on any atom is -0.311 e. The molecule has 0 atom stereocenters. The summed E-state index contributed by atoms with van der Waals surface area (Å²) in [6.45, 7) is 5.50. The number of nitrogens with one attached hydrogen (secondary N) is 1. The summed E-state index contributed by atoms with van der Waals surface area (Å²) in [6, 6.07) is 3.04. The molecule has 1 aliphatic carbocycles. The molecule has 1 heterocycles. The third-order valence-electron chi connectivity index (χ3n) is 4.09. The van der Waals surface area contributed by atoms with Crippen LogP contribution in [0.1, 0.15) is 42.5 Å². The summed E-state index contributed by atoms with van der Waals surface area (Å²) in [7, 11) is 2.29. The van der Waals surface area contributed by atoms with E-state index in [0.29, 0.717) is 0 Å². The molecule has 0 unspecified atom stereocenters. The van der Waals surface area contributed by atoms with Crippen molar-refractivity contribution in [1.82, 2.24) is 10.2 Å². The molecule has 0 saturated heterocycles. The molecule has 0 aromatic carbocycles. The van der Waals surface area contributed by atoms with Crippen molar-refractivity contribution in [3.63, 3.8) is 0 Å². The van der Waals surface area contributed by atoms with Crippen LogP contribution in [0.3, 0.4) is 0 Å². The van der Waals surface area contributed by atoms with Crippen molar-refractivity contribution in [2.24, 2.45) is 0 Å². The Morgan fingerprint density at radius 1 is 1.33 bits per heavy atom. The number of hydrogen-bond donors (Lipinski definition) is 1. The van der Waals surface area contributed by atoms with E-state index >= 15 is 0 Å². The first kappa shape index (κ1) is 14.0. The number of nitrogens with zero attached hydrogens (tertiary/aromatic N) is 1. The van der Waals surface area contributed by atoms with Crippen molar-refractivity contribution < 1.29 is 0 Å². The molecule has 2 nitrogen and oxygen atoms in total. The highest BCUT2D eigenvalue weighted by atomic mass is 32.1. The van der Waals surface area contributed by atoms with Gasteiger partial charge in [-0.3, -0.25) is 0 Å². The first-order valence-corrected chi connectivity index (χ1v) is 8.09. The summed E-state index contributed by atoms with van der Waals surface area (Å²) in [5.41, 5.74) is 1.42. The lowest BCUT2D eigenvalue weighted by molar-refractivity contribution is 0.192. The molecular weight excluding hydrogens is 240 g/mol. The fraction of sp³-hybridized carbons (Fsp3) is 0.733. The molecular formula is C15H26N2S. The lowest BCUT2D eigenvalue weighted by atomic mass is 9.94. The Bertz CT molecular complexity index is 342. The van der Waals surface area contributed by atoms with Gasteiger partial charge in [-0.1, -0.05) is 19.3 Å².